The topological polar surface area (TPSA) is 37.3 Å². The third kappa shape index (κ3) is 2.91. The van der Waals surface area contributed by atoms with Crippen molar-refractivity contribution in [1.29, 1.82) is 0 Å². The molecule has 2 aromatic rings. The molecule has 2 nitrogen and oxygen atoms in total. The summed E-state index contributed by atoms with van der Waals surface area (Å²) in [5.41, 5.74) is -0.914. The van der Waals surface area contributed by atoms with Gasteiger partial charge in [0.05, 0.1) is 5.41 Å². The summed E-state index contributed by atoms with van der Waals surface area (Å²) >= 11 is 0. The average Bonchev–Trinajstić information content (AvgIpc) is 2.37. The molecule has 0 unspecified atom stereocenters. The summed E-state index contributed by atoms with van der Waals surface area (Å²) < 4.78 is 40.5. The summed E-state index contributed by atoms with van der Waals surface area (Å²) in [7, 11) is 0. The van der Waals surface area contributed by atoms with Crippen molar-refractivity contribution in [2.45, 2.75) is 19.3 Å². The Morgan fingerprint density at radius 2 is 1.57 bits per heavy atom. The smallest absolute Gasteiger partial charge is 0.313 e. The molecule has 0 aliphatic carbocycles. The van der Waals surface area contributed by atoms with E-state index in [4.69, 9.17) is 5.11 Å². The maximum Gasteiger partial charge on any atom is 0.313 e. The molecule has 0 aliphatic rings. The van der Waals surface area contributed by atoms with Gasteiger partial charge in [-0.05, 0) is 43.2 Å². The Labute approximate surface area is 119 Å². The Kier molecular flexibility index (Phi) is 3.77. The molecular formula is C16H13F3O2. The summed E-state index contributed by atoms with van der Waals surface area (Å²) in [5.74, 6) is -3.43. The minimum absolute atomic E-state index is 0.0124. The largest absolute Gasteiger partial charge is 0.481 e. The lowest BCUT2D eigenvalue weighted by Gasteiger charge is -2.20. The van der Waals surface area contributed by atoms with Crippen LogP contribution in [0.25, 0.3) is 11.1 Å². The first-order chi connectivity index (χ1) is 9.71. The maximum atomic E-state index is 14.2. The van der Waals surface area contributed by atoms with E-state index in [1.54, 1.807) is 0 Å². The van der Waals surface area contributed by atoms with Gasteiger partial charge in [0.15, 0.2) is 0 Å². The van der Waals surface area contributed by atoms with Crippen molar-refractivity contribution in [2.75, 3.05) is 0 Å². The Bertz CT molecular complexity index is 688. The first-order valence-electron chi connectivity index (χ1n) is 6.21. The molecule has 0 aromatic heterocycles. The van der Waals surface area contributed by atoms with E-state index < -0.39 is 28.8 Å². The molecule has 0 bridgehead atoms. The highest BCUT2D eigenvalue weighted by Gasteiger charge is 2.30. The molecule has 21 heavy (non-hydrogen) atoms. The van der Waals surface area contributed by atoms with E-state index >= 15 is 0 Å². The van der Waals surface area contributed by atoms with Crippen molar-refractivity contribution in [3.05, 3.63) is 59.4 Å². The fourth-order valence-electron chi connectivity index (χ4n) is 1.97. The zero-order chi connectivity index (χ0) is 15.8. The molecule has 0 heterocycles. The van der Waals surface area contributed by atoms with Gasteiger partial charge in [-0.2, -0.15) is 0 Å². The van der Waals surface area contributed by atoms with Crippen LogP contribution in [0.2, 0.25) is 0 Å². The second-order valence-electron chi connectivity index (χ2n) is 5.28. The van der Waals surface area contributed by atoms with E-state index in [0.29, 0.717) is 6.07 Å². The summed E-state index contributed by atoms with van der Waals surface area (Å²) in [4.78, 5) is 11.2. The van der Waals surface area contributed by atoms with Crippen LogP contribution in [0.4, 0.5) is 13.2 Å². The maximum absolute atomic E-state index is 14.2. The highest BCUT2D eigenvalue weighted by atomic mass is 19.1. The molecule has 2 aromatic carbocycles. The van der Waals surface area contributed by atoms with E-state index in [9.17, 15) is 18.0 Å². The van der Waals surface area contributed by atoms with Crippen LogP contribution in [-0.2, 0) is 10.2 Å². The number of rotatable bonds is 3. The van der Waals surface area contributed by atoms with Gasteiger partial charge in [-0.3, -0.25) is 4.79 Å². The number of carboxylic acids is 1. The van der Waals surface area contributed by atoms with Crippen molar-refractivity contribution >= 4 is 5.97 Å². The molecule has 5 heteroatoms. The van der Waals surface area contributed by atoms with E-state index in [0.717, 1.165) is 18.2 Å². The van der Waals surface area contributed by atoms with E-state index in [2.05, 4.69) is 0 Å². The van der Waals surface area contributed by atoms with Crippen molar-refractivity contribution in [3.63, 3.8) is 0 Å². The van der Waals surface area contributed by atoms with Crippen LogP contribution in [-0.4, -0.2) is 11.1 Å². The zero-order valence-electron chi connectivity index (χ0n) is 11.5. The molecule has 0 spiro atoms. The van der Waals surface area contributed by atoms with Crippen LogP contribution in [0, 0.1) is 17.5 Å². The number of aliphatic carboxylic acids is 1. The molecular weight excluding hydrogens is 281 g/mol. The molecule has 2 rings (SSSR count). The van der Waals surface area contributed by atoms with Crippen molar-refractivity contribution in [2.24, 2.45) is 0 Å². The number of hydrogen-bond donors (Lipinski definition) is 1. The molecule has 110 valence electrons. The predicted octanol–water partition coefficient (Wildman–Crippen LogP) is 4.13. The van der Waals surface area contributed by atoms with Crippen molar-refractivity contribution in [3.8, 4) is 11.1 Å². The summed E-state index contributed by atoms with van der Waals surface area (Å²) in [5, 5.41) is 9.12. The molecule has 0 saturated carbocycles. The molecule has 0 atom stereocenters. The lowest BCUT2D eigenvalue weighted by atomic mass is 9.84. The van der Waals surface area contributed by atoms with Crippen LogP contribution in [0.1, 0.15) is 19.4 Å². The van der Waals surface area contributed by atoms with E-state index in [-0.39, 0.29) is 16.7 Å². The van der Waals surface area contributed by atoms with Gasteiger partial charge in [0.2, 0.25) is 0 Å². The number of benzene rings is 2. The quantitative estimate of drug-likeness (QED) is 0.924. The Balaban J connectivity index is 2.52. The van der Waals surface area contributed by atoms with Crippen molar-refractivity contribution < 1.29 is 23.1 Å². The molecule has 0 radical (unpaired) electrons. The summed E-state index contributed by atoms with van der Waals surface area (Å²) in [6.45, 7) is 2.90. The second-order valence-corrected chi connectivity index (χ2v) is 5.28. The van der Waals surface area contributed by atoms with Gasteiger partial charge in [0, 0.05) is 11.6 Å². The SMILES string of the molecule is CC(C)(C(=O)O)c1ccc(-c2cc(F)cc(F)c2)c(F)c1. The Hall–Kier alpha value is -2.30. The average molecular weight is 294 g/mol. The lowest BCUT2D eigenvalue weighted by Crippen LogP contribution is -2.28. The minimum atomic E-state index is -1.26. The Morgan fingerprint density at radius 1 is 1.00 bits per heavy atom. The third-order valence-electron chi connectivity index (χ3n) is 3.40. The summed E-state index contributed by atoms with van der Waals surface area (Å²) in [6, 6.07) is 6.57. The van der Waals surface area contributed by atoms with Crippen LogP contribution in [0.5, 0.6) is 0 Å². The first kappa shape index (κ1) is 15.1. The number of carboxylic acid groups (broad SMARTS) is 1. The number of halogens is 3. The number of carbonyl (C=O) groups is 1. The monoisotopic (exact) mass is 294 g/mol. The standard InChI is InChI=1S/C16H13F3O2/c1-16(2,15(20)21)10-3-4-13(14(19)7-10)9-5-11(17)8-12(18)6-9/h3-8H,1-2H3,(H,20,21). The van der Waals surface area contributed by atoms with E-state index in [1.165, 1.54) is 26.0 Å². The molecule has 0 aliphatic heterocycles. The van der Waals surface area contributed by atoms with Crippen LogP contribution in [0.15, 0.2) is 36.4 Å². The van der Waals surface area contributed by atoms with Crippen LogP contribution >= 0.6 is 0 Å². The predicted molar refractivity (Wildman–Crippen MR) is 72.4 cm³/mol. The van der Waals surface area contributed by atoms with Crippen LogP contribution in [0.3, 0.4) is 0 Å². The van der Waals surface area contributed by atoms with Crippen molar-refractivity contribution in [1.82, 2.24) is 0 Å². The van der Waals surface area contributed by atoms with Gasteiger partial charge in [0.25, 0.3) is 0 Å². The van der Waals surface area contributed by atoms with Gasteiger partial charge in [0.1, 0.15) is 17.5 Å². The normalized spacial score (nSPS) is 11.5. The third-order valence-corrected chi connectivity index (χ3v) is 3.40. The second kappa shape index (κ2) is 5.24. The summed E-state index contributed by atoms with van der Waals surface area (Å²) in [6.07, 6.45) is 0. The molecule has 0 amide bonds. The fourth-order valence-corrected chi connectivity index (χ4v) is 1.97. The van der Waals surface area contributed by atoms with Gasteiger partial charge in [-0.15, -0.1) is 0 Å². The lowest BCUT2D eigenvalue weighted by molar-refractivity contribution is -0.142. The van der Waals surface area contributed by atoms with Crippen LogP contribution < -0.4 is 0 Å². The van der Waals surface area contributed by atoms with E-state index in [1.807, 2.05) is 0 Å². The Morgan fingerprint density at radius 3 is 2.05 bits per heavy atom. The van der Waals surface area contributed by atoms with Gasteiger partial charge in [-0.25, -0.2) is 13.2 Å². The van der Waals surface area contributed by atoms with Gasteiger partial charge in [-0.1, -0.05) is 12.1 Å². The van der Waals surface area contributed by atoms with Gasteiger partial charge < -0.3 is 5.11 Å². The number of hydrogen-bond acceptors (Lipinski definition) is 1. The molecule has 0 saturated heterocycles. The molecule has 1 N–H and O–H groups in total. The molecule has 0 fully saturated rings. The minimum Gasteiger partial charge on any atom is -0.481 e. The fraction of sp³-hybridized carbons (Fsp3) is 0.188. The van der Waals surface area contributed by atoms with Gasteiger partial charge >= 0.3 is 5.97 Å². The first-order valence-corrected chi connectivity index (χ1v) is 6.21. The zero-order valence-corrected chi connectivity index (χ0v) is 11.5. The highest BCUT2D eigenvalue weighted by Crippen LogP contribution is 2.30. The highest BCUT2D eigenvalue weighted by molar-refractivity contribution is 5.80.